The highest BCUT2D eigenvalue weighted by atomic mass is 35.5. The molecule has 0 saturated carbocycles. The molecule has 0 radical (unpaired) electrons. The maximum absolute atomic E-state index is 13.8. The molecule has 196 valence electrons. The number of amides is 2. The van der Waals surface area contributed by atoms with Crippen LogP contribution in [0.4, 0.5) is 5.69 Å². The lowest BCUT2D eigenvalue weighted by molar-refractivity contribution is -0.139. The highest BCUT2D eigenvalue weighted by Crippen LogP contribution is 2.33. The van der Waals surface area contributed by atoms with Crippen LogP contribution < -0.4 is 9.62 Å². The predicted octanol–water partition coefficient (Wildman–Crippen LogP) is 5.13. The summed E-state index contributed by atoms with van der Waals surface area (Å²) in [5.41, 5.74) is 0.893. The van der Waals surface area contributed by atoms with Gasteiger partial charge in [0.1, 0.15) is 12.6 Å². The van der Waals surface area contributed by atoms with E-state index in [1.165, 1.54) is 35.2 Å². The van der Waals surface area contributed by atoms with Gasteiger partial charge in [0.15, 0.2) is 0 Å². The number of hydrogen-bond acceptors (Lipinski definition) is 4. The van der Waals surface area contributed by atoms with E-state index in [1.54, 1.807) is 25.1 Å². The van der Waals surface area contributed by atoms with E-state index in [2.05, 4.69) is 5.32 Å². The number of carbonyl (C=O) groups is 2. The van der Waals surface area contributed by atoms with Gasteiger partial charge < -0.3 is 10.2 Å². The number of carbonyl (C=O) groups excluding carboxylic acids is 2. The van der Waals surface area contributed by atoms with Crippen molar-refractivity contribution in [3.8, 4) is 0 Å². The fraction of sp³-hybridized carbons (Fsp3) is 0.259. The van der Waals surface area contributed by atoms with Gasteiger partial charge in [-0.3, -0.25) is 13.9 Å². The number of anilines is 1. The van der Waals surface area contributed by atoms with Crippen molar-refractivity contribution in [2.75, 3.05) is 10.8 Å². The van der Waals surface area contributed by atoms with Crippen LogP contribution >= 0.6 is 23.2 Å². The van der Waals surface area contributed by atoms with Gasteiger partial charge in [0.25, 0.3) is 10.0 Å². The van der Waals surface area contributed by atoms with Gasteiger partial charge in [0.2, 0.25) is 11.8 Å². The lowest BCUT2D eigenvalue weighted by atomic mass is 10.1. The summed E-state index contributed by atoms with van der Waals surface area (Å²) in [6.07, 6.45) is 0. The van der Waals surface area contributed by atoms with Gasteiger partial charge in [0, 0.05) is 17.6 Å². The standard InChI is InChI=1S/C27H29Cl2N3O4S/c1-19(2)30-27(34)20(3)31(17-21-10-6-4-7-11-21)26(33)18-32(25-15-14-22(28)16-24(25)29)37(35,36)23-12-8-5-9-13-23/h4-16,19-20H,17-18H2,1-3H3,(H,30,34)/t20-/m1/s1. The van der Waals surface area contributed by atoms with E-state index < -0.39 is 28.5 Å². The van der Waals surface area contributed by atoms with Crippen molar-refractivity contribution in [3.63, 3.8) is 0 Å². The summed E-state index contributed by atoms with van der Waals surface area (Å²) in [6.45, 7) is 4.80. The Balaban J connectivity index is 2.04. The molecule has 0 fully saturated rings. The summed E-state index contributed by atoms with van der Waals surface area (Å²) in [7, 11) is -4.20. The van der Waals surface area contributed by atoms with Crippen molar-refractivity contribution in [2.45, 2.75) is 44.3 Å². The Morgan fingerprint density at radius 2 is 1.49 bits per heavy atom. The van der Waals surface area contributed by atoms with E-state index in [1.807, 2.05) is 44.2 Å². The average Bonchev–Trinajstić information content (AvgIpc) is 2.86. The van der Waals surface area contributed by atoms with Gasteiger partial charge in [-0.1, -0.05) is 71.7 Å². The molecule has 3 aromatic rings. The molecular formula is C27H29Cl2N3O4S. The topological polar surface area (TPSA) is 86.8 Å². The molecule has 0 aliphatic rings. The molecule has 0 bridgehead atoms. The summed E-state index contributed by atoms with van der Waals surface area (Å²) in [5.74, 6) is -0.915. The van der Waals surface area contributed by atoms with Crippen molar-refractivity contribution in [1.82, 2.24) is 10.2 Å². The van der Waals surface area contributed by atoms with Crippen LogP contribution in [0.1, 0.15) is 26.3 Å². The first-order valence-electron chi connectivity index (χ1n) is 11.7. The number of halogens is 2. The quantitative estimate of drug-likeness (QED) is 0.371. The van der Waals surface area contributed by atoms with Crippen molar-refractivity contribution in [2.24, 2.45) is 0 Å². The van der Waals surface area contributed by atoms with Gasteiger partial charge in [-0.25, -0.2) is 8.42 Å². The first kappa shape index (κ1) is 28.5. The van der Waals surface area contributed by atoms with Gasteiger partial charge >= 0.3 is 0 Å². The van der Waals surface area contributed by atoms with E-state index in [-0.39, 0.29) is 34.1 Å². The third kappa shape index (κ3) is 7.25. The third-order valence-electron chi connectivity index (χ3n) is 5.58. The molecule has 10 heteroatoms. The first-order valence-corrected chi connectivity index (χ1v) is 13.9. The maximum Gasteiger partial charge on any atom is 0.264 e. The van der Waals surface area contributed by atoms with Crippen LogP contribution in [-0.2, 0) is 26.2 Å². The van der Waals surface area contributed by atoms with Crippen LogP contribution in [0.2, 0.25) is 10.0 Å². The third-order valence-corrected chi connectivity index (χ3v) is 7.89. The van der Waals surface area contributed by atoms with Crippen molar-refractivity contribution < 1.29 is 18.0 Å². The molecule has 0 aromatic heterocycles. The van der Waals surface area contributed by atoms with E-state index in [4.69, 9.17) is 23.2 Å². The summed E-state index contributed by atoms with van der Waals surface area (Å²) >= 11 is 12.4. The molecule has 3 rings (SSSR count). The minimum Gasteiger partial charge on any atom is -0.352 e. The van der Waals surface area contributed by atoms with E-state index in [9.17, 15) is 18.0 Å². The molecule has 1 N–H and O–H groups in total. The van der Waals surface area contributed by atoms with Gasteiger partial charge in [-0.05, 0) is 56.7 Å². The molecule has 0 heterocycles. The normalized spacial score (nSPS) is 12.2. The number of rotatable bonds is 10. The molecule has 2 amide bonds. The Labute approximate surface area is 228 Å². The highest BCUT2D eigenvalue weighted by molar-refractivity contribution is 7.92. The number of sulfonamides is 1. The summed E-state index contributed by atoms with van der Waals surface area (Å²) in [6, 6.07) is 20.3. The fourth-order valence-electron chi connectivity index (χ4n) is 3.68. The molecular weight excluding hydrogens is 533 g/mol. The number of benzene rings is 3. The molecule has 0 unspecified atom stereocenters. The van der Waals surface area contributed by atoms with Crippen molar-refractivity contribution in [1.29, 1.82) is 0 Å². The Bertz CT molecular complexity index is 1340. The van der Waals surface area contributed by atoms with E-state index in [0.29, 0.717) is 5.02 Å². The highest BCUT2D eigenvalue weighted by Gasteiger charge is 2.33. The van der Waals surface area contributed by atoms with Crippen molar-refractivity contribution in [3.05, 3.63) is 94.5 Å². The molecule has 0 spiro atoms. The largest absolute Gasteiger partial charge is 0.352 e. The number of hydrogen-bond donors (Lipinski definition) is 1. The summed E-state index contributed by atoms with van der Waals surface area (Å²) in [4.78, 5) is 28.0. The van der Waals surface area contributed by atoms with Gasteiger partial charge in [-0.15, -0.1) is 0 Å². The molecule has 0 saturated heterocycles. The second kappa shape index (κ2) is 12.4. The van der Waals surface area contributed by atoms with Crippen LogP contribution in [0.5, 0.6) is 0 Å². The Kier molecular flexibility index (Phi) is 9.59. The van der Waals surface area contributed by atoms with E-state index >= 15 is 0 Å². The SMILES string of the molecule is CC(C)NC(=O)[C@@H](C)N(Cc1ccccc1)C(=O)CN(c1ccc(Cl)cc1Cl)S(=O)(=O)c1ccccc1. The molecule has 1 atom stereocenters. The van der Waals surface area contributed by atoms with Crippen LogP contribution in [0.3, 0.4) is 0 Å². The summed E-state index contributed by atoms with van der Waals surface area (Å²) < 4.78 is 28.4. The number of nitrogens with zero attached hydrogens (tertiary/aromatic N) is 2. The molecule has 0 aliphatic carbocycles. The Morgan fingerprint density at radius 1 is 0.892 bits per heavy atom. The van der Waals surface area contributed by atoms with Gasteiger partial charge in [0.05, 0.1) is 15.6 Å². The Morgan fingerprint density at radius 3 is 2.05 bits per heavy atom. The maximum atomic E-state index is 13.8. The average molecular weight is 563 g/mol. The van der Waals surface area contributed by atoms with Crippen LogP contribution in [0.25, 0.3) is 0 Å². The van der Waals surface area contributed by atoms with Crippen LogP contribution in [-0.4, -0.2) is 43.8 Å². The smallest absolute Gasteiger partial charge is 0.264 e. The zero-order valence-corrected chi connectivity index (χ0v) is 23.1. The Hall–Kier alpha value is -3.07. The van der Waals surface area contributed by atoms with E-state index in [0.717, 1.165) is 9.87 Å². The zero-order valence-electron chi connectivity index (χ0n) is 20.8. The molecule has 0 aliphatic heterocycles. The fourth-order valence-corrected chi connectivity index (χ4v) is 5.70. The van der Waals surface area contributed by atoms with Crippen LogP contribution in [0.15, 0.2) is 83.8 Å². The van der Waals surface area contributed by atoms with Crippen LogP contribution in [0, 0.1) is 0 Å². The molecule has 7 nitrogen and oxygen atoms in total. The second-order valence-electron chi connectivity index (χ2n) is 8.77. The predicted molar refractivity (Wildman–Crippen MR) is 147 cm³/mol. The zero-order chi connectivity index (χ0) is 27.2. The molecule has 3 aromatic carbocycles. The minimum atomic E-state index is -4.20. The lowest BCUT2D eigenvalue weighted by Gasteiger charge is -2.32. The van der Waals surface area contributed by atoms with Crippen molar-refractivity contribution >= 4 is 50.7 Å². The summed E-state index contributed by atoms with van der Waals surface area (Å²) in [5, 5.41) is 3.21. The minimum absolute atomic E-state index is 0.00553. The first-order chi connectivity index (χ1) is 17.5. The number of nitrogens with one attached hydrogen (secondary N) is 1. The second-order valence-corrected chi connectivity index (χ2v) is 11.5. The monoisotopic (exact) mass is 561 g/mol. The lowest BCUT2D eigenvalue weighted by Crippen LogP contribution is -2.52. The van der Waals surface area contributed by atoms with Gasteiger partial charge in [-0.2, -0.15) is 0 Å². The molecule has 37 heavy (non-hydrogen) atoms.